The van der Waals surface area contributed by atoms with Gasteiger partial charge in [-0.2, -0.15) is 0 Å². The Kier molecular flexibility index (Phi) is 3.68. The van der Waals surface area contributed by atoms with E-state index in [1.807, 2.05) is 17.4 Å². The molecule has 2 aromatic rings. The minimum Gasteiger partial charge on any atom is -0.328 e. The summed E-state index contributed by atoms with van der Waals surface area (Å²) in [5, 5.41) is 8.37. The van der Waals surface area contributed by atoms with Crippen molar-refractivity contribution in [1.82, 2.24) is 19.6 Å². The van der Waals surface area contributed by atoms with Crippen LogP contribution < -0.4 is 5.73 Å². The molecule has 17 heavy (non-hydrogen) atoms. The Labute approximate surface area is 101 Å². The molecule has 0 saturated heterocycles. The maximum atomic E-state index is 5.74. The van der Waals surface area contributed by atoms with Gasteiger partial charge in [0.25, 0.3) is 0 Å². The van der Waals surface area contributed by atoms with E-state index in [0.717, 1.165) is 30.7 Å². The molecule has 0 amide bonds. The van der Waals surface area contributed by atoms with Crippen LogP contribution in [0.5, 0.6) is 0 Å². The number of nitrogens with zero attached hydrogens (tertiary/aromatic N) is 4. The molecule has 0 spiro atoms. The van der Waals surface area contributed by atoms with Gasteiger partial charge in [-0.25, -0.2) is 4.98 Å². The van der Waals surface area contributed by atoms with Crippen molar-refractivity contribution >= 4 is 5.65 Å². The van der Waals surface area contributed by atoms with Crippen LogP contribution in [0, 0.1) is 0 Å². The summed E-state index contributed by atoms with van der Waals surface area (Å²) in [5.74, 6) is 1.37. The maximum absolute atomic E-state index is 5.74. The number of hydrogen-bond donors (Lipinski definition) is 1. The monoisotopic (exact) mass is 233 g/mol. The van der Waals surface area contributed by atoms with E-state index >= 15 is 0 Å². The Hall–Kier alpha value is -1.49. The molecule has 2 heterocycles. The van der Waals surface area contributed by atoms with E-state index in [1.165, 1.54) is 0 Å². The lowest BCUT2D eigenvalue weighted by Gasteiger charge is -2.10. The molecule has 0 aliphatic rings. The normalized spacial score (nSPS) is 15.0. The van der Waals surface area contributed by atoms with Crippen LogP contribution >= 0.6 is 0 Å². The van der Waals surface area contributed by atoms with E-state index in [1.54, 1.807) is 12.5 Å². The third-order valence-corrected chi connectivity index (χ3v) is 2.98. The summed E-state index contributed by atoms with van der Waals surface area (Å²) in [5.41, 5.74) is 6.60. The fourth-order valence-corrected chi connectivity index (χ4v) is 1.97. The first-order chi connectivity index (χ1) is 8.18. The lowest BCUT2D eigenvalue weighted by molar-refractivity contribution is 0.540. The fraction of sp³-hybridized carbons (Fsp3) is 0.583. The van der Waals surface area contributed by atoms with Crippen LogP contribution in [0.1, 0.15) is 44.9 Å². The van der Waals surface area contributed by atoms with Crippen molar-refractivity contribution < 1.29 is 0 Å². The summed E-state index contributed by atoms with van der Waals surface area (Å²) >= 11 is 0. The van der Waals surface area contributed by atoms with E-state index in [0.29, 0.717) is 5.92 Å². The molecule has 0 saturated carbocycles. The van der Waals surface area contributed by atoms with Crippen molar-refractivity contribution in [3.8, 4) is 0 Å². The van der Waals surface area contributed by atoms with E-state index in [9.17, 15) is 0 Å². The topological polar surface area (TPSA) is 69.1 Å². The van der Waals surface area contributed by atoms with Crippen LogP contribution in [-0.2, 0) is 0 Å². The molecule has 92 valence electrons. The smallest absolute Gasteiger partial charge is 0.163 e. The van der Waals surface area contributed by atoms with E-state index in [-0.39, 0.29) is 6.04 Å². The zero-order valence-corrected chi connectivity index (χ0v) is 10.4. The average Bonchev–Trinajstić information content (AvgIpc) is 2.72. The van der Waals surface area contributed by atoms with Gasteiger partial charge < -0.3 is 5.73 Å². The standard InChI is InChI=1S/C12H19N5/c1-9(4-3-5-10(2)13)12-16-15-11-6-7-14-8-17(11)12/h6-10H,3-5,13H2,1-2H3. The van der Waals surface area contributed by atoms with Gasteiger partial charge in [0.1, 0.15) is 12.2 Å². The molecule has 0 fully saturated rings. The fourth-order valence-electron chi connectivity index (χ4n) is 1.97. The molecule has 2 aromatic heterocycles. The Balaban J connectivity index is 2.06. The van der Waals surface area contributed by atoms with Crippen molar-refractivity contribution in [2.75, 3.05) is 0 Å². The van der Waals surface area contributed by atoms with Gasteiger partial charge in [0.15, 0.2) is 5.65 Å². The van der Waals surface area contributed by atoms with Crippen LogP contribution in [-0.4, -0.2) is 25.6 Å². The van der Waals surface area contributed by atoms with Crippen LogP contribution in [0.15, 0.2) is 18.6 Å². The first-order valence-corrected chi connectivity index (χ1v) is 6.08. The number of aromatic nitrogens is 4. The summed E-state index contributed by atoms with van der Waals surface area (Å²) in [4.78, 5) is 4.10. The summed E-state index contributed by atoms with van der Waals surface area (Å²) in [6.07, 6.45) is 6.76. The van der Waals surface area contributed by atoms with Crippen molar-refractivity contribution in [3.05, 3.63) is 24.4 Å². The van der Waals surface area contributed by atoms with E-state index in [4.69, 9.17) is 5.73 Å². The minimum absolute atomic E-state index is 0.277. The molecule has 0 bridgehead atoms. The van der Waals surface area contributed by atoms with Gasteiger partial charge in [-0.3, -0.25) is 4.40 Å². The highest BCUT2D eigenvalue weighted by Crippen LogP contribution is 2.20. The predicted molar refractivity (Wildman–Crippen MR) is 66.7 cm³/mol. The molecule has 2 unspecified atom stereocenters. The Morgan fingerprint density at radius 1 is 1.29 bits per heavy atom. The number of fused-ring (bicyclic) bond motifs is 1. The first-order valence-electron chi connectivity index (χ1n) is 6.08. The molecule has 5 nitrogen and oxygen atoms in total. The SMILES string of the molecule is CC(N)CCCC(C)c1nnc2ccncn12. The Morgan fingerprint density at radius 3 is 2.88 bits per heavy atom. The number of nitrogens with two attached hydrogens (primary N) is 1. The molecule has 2 N–H and O–H groups in total. The van der Waals surface area contributed by atoms with Crippen LogP contribution in [0.4, 0.5) is 0 Å². The second-order valence-electron chi connectivity index (χ2n) is 4.68. The summed E-state index contributed by atoms with van der Waals surface area (Å²) < 4.78 is 1.95. The van der Waals surface area contributed by atoms with Gasteiger partial charge >= 0.3 is 0 Å². The molecule has 0 aliphatic heterocycles. The quantitative estimate of drug-likeness (QED) is 0.854. The lowest BCUT2D eigenvalue weighted by Crippen LogP contribution is -2.14. The molecular formula is C12H19N5. The van der Waals surface area contributed by atoms with E-state index < -0.39 is 0 Å². The predicted octanol–water partition coefficient (Wildman–Crippen LogP) is 1.75. The van der Waals surface area contributed by atoms with Crippen molar-refractivity contribution in [1.29, 1.82) is 0 Å². The maximum Gasteiger partial charge on any atom is 0.163 e. The summed E-state index contributed by atoms with van der Waals surface area (Å²) in [6.45, 7) is 4.21. The molecule has 0 aromatic carbocycles. The molecular weight excluding hydrogens is 214 g/mol. The second kappa shape index (κ2) is 5.23. The third-order valence-electron chi connectivity index (χ3n) is 2.98. The van der Waals surface area contributed by atoms with Gasteiger partial charge in [-0.05, 0) is 19.8 Å². The van der Waals surface area contributed by atoms with Gasteiger partial charge in [0, 0.05) is 24.2 Å². The van der Waals surface area contributed by atoms with Crippen molar-refractivity contribution in [2.24, 2.45) is 5.73 Å². The lowest BCUT2D eigenvalue weighted by atomic mass is 10.0. The molecule has 5 heteroatoms. The minimum atomic E-state index is 0.277. The highest BCUT2D eigenvalue weighted by molar-refractivity contribution is 5.35. The zero-order valence-electron chi connectivity index (χ0n) is 10.4. The van der Waals surface area contributed by atoms with Crippen molar-refractivity contribution in [3.63, 3.8) is 0 Å². The van der Waals surface area contributed by atoms with Gasteiger partial charge in [-0.15, -0.1) is 10.2 Å². The largest absolute Gasteiger partial charge is 0.328 e. The zero-order chi connectivity index (χ0) is 12.3. The van der Waals surface area contributed by atoms with Crippen LogP contribution in [0.25, 0.3) is 5.65 Å². The molecule has 0 radical (unpaired) electrons. The van der Waals surface area contributed by atoms with Gasteiger partial charge in [-0.1, -0.05) is 13.3 Å². The molecule has 0 aliphatic carbocycles. The number of hydrogen-bond acceptors (Lipinski definition) is 4. The van der Waals surface area contributed by atoms with Gasteiger partial charge in [0.05, 0.1) is 0 Å². The second-order valence-corrected chi connectivity index (χ2v) is 4.68. The summed E-state index contributed by atoms with van der Waals surface area (Å²) in [7, 11) is 0. The summed E-state index contributed by atoms with van der Waals surface area (Å²) in [6, 6.07) is 2.14. The first kappa shape index (κ1) is 12.0. The van der Waals surface area contributed by atoms with Crippen LogP contribution in [0.3, 0.4) is 0 Å². The highest BCUT2D eigenvalue weighted by atomic mass is 15.3. The van der Waals surface area contributed by atoms with Crippen LogP contribution in [0.2, 0.25) is 0 Å². The van der Waals surface area contributed by atoms with Gasteiger partial charge in [0.2, 0.25) is 0 Å². The highest BCUT2D eigenvalue weighted by Gasteiger charge is 2.13. The van der Waals surface area contributed by atoms with Crippen molar-refractivity contribution in [2.45, 2.75) is 45.1 Å². The Morgan fingerprint density at radius 2 is 2.12 bits per heavy atom. The molecule has 2 rings (SSSR count). The third kappa shape index (κ3) is 2.79. The molecule has 2 atom stereocenters. The van der Waals surface area contributed by atoms with E-state index in [2.05, 4.69) is 22.1 Å². The average molecular weight is 233 g/mol. The number of rotatable bonds is 5. The Bertz CT molecular complexity index is 476.